The first-order valence-electron chi connectivity index (χ1n) is 16.5. The number of hydrogen-bond acceptors (Lipinski definition) is 5. The lowest BCUT2D eigenvalue weighted by Gasteiger charge is -2.52. The van der Waals surface area contributed by atoms with Crippen molar-refractivity contribution in [2.24, 2.45) is 40.7 Å². The Morgan fingerprint density at radius 2 is 1.95 bits per heavy atom. The van der Waals surface area contributed by atoms with Gasteiger partial charge in [-0.05, 0) is 92.9 Å². The van der Waals surface area contributed by atoms with Crippen molar-refractivity contribution < 1.29 is 19.1 Å². The van der Waals surface area contributed by atoms with Gasteiger partial charge in [0.15, 0.2) is 0 Å². The summed E-state index contributed by atoms with van der Waals surface area (Å²) in [4.78, 5) is 27.7. The number of nitrogens with one attached hydrogen (secondary N) is 1. The van der Waals surface area contributed by atoms with Gasteiger partial charge in [-0.25, -0.2) is 4.79 Å². The molecule has 3 aliphatic carbocycles. The summed E-state index contributed by atoms with van der Waals surface area (Å²) in [6.45, 7) is 10.0. The average molecular weight is 576 g/mol. The molecule has 10 atom stereocenters. The SMILES string of the molecule is CC1=C2C[C@H]3[C@@H](CC[C@H]4NC(=O)CC[C@@]43C)[C@@H]2CC[C@@]2(C1)O[C@@H]1C[C@H](C)CN(C(=O)OCc3ccccc3)[C@@]1(N)[C@H]2C. The highest BCUT2D eigenvalue weighted by atomic mass is 16.6. The fourth-order valence-corrected chi connectivity index (χ4v) is 10.6. The first-order valence-corrected chi connectivity index (χ1v) is 16.5. The van der Waals surface area contributed by atoms with E-state index in [9.17, 15) is 9.59 Å². The van der Waals surface area contributed by atoms with Gasteiger partial charge in [0, 0.05) is 24.9 Å². The number of carbonyl (C=O) groups is 2. The second kappa shape index (κ2) is 10.1. The summed E-state index contributed by atoms with van der Waals surface area (Å²) in [7, 11) is 0. The zero-order valence-corrected chi connectivity index (χ0v) is 25.9. The van der Waals surface area contributed by atoms with Gasteiger partial charge in [0.05, 0.1) is 11.7 Å². The molecule has 42 heavy (non-hydrogen) atoms. The summed E-state index contributed by atoms with van der Waals surface area (Å²) >= 11 is 0. The fourth-order valence-electron chi connectivity index (χ4n) is 10.6. The normalized spacial score (nSPS) is 44.5. The van der Waals surface area contributed by atoms with Crippen molar-refractivity contribution in [1.82, 2.24) is 10.2 Å². The topological polar surface area (TPSA) is 93.9 Å². The van der Waals surface area contributed by atoms with E-state index in [2.05, 4.69) is 33.0 Å². The molecule has 3 saturated heterocycles. The molecule has 7 heteroatoms. The maximum absolute atomic E-state index is 13.6. The van der Waals surface area contributed by atoms with Crippen molar-refractivity contribution in [2.45, 2.75) is 115 Å². The Bertz CT molecular complexity index is 1280. The molecule has 3 N–H and O–H groups in total. The lowest BCUT2D eigenvalue weighted by atomic mass is 9.57. The van der Waals surface area contributed by atoms with E-state index in [-0.39, 0.29) is 47.6 Å². The van der Waals surface area contributed by atoms with Gasteiger partial charge in [0.25, 0.3) is 0 Å². The first-order chi connectivity index (χ1) is 20.0. The Kier molecular flexibility index (Phi) is 6.82. The number of ether oxygens (including phenoxy) is 2. The van der Waals surface area contributed by atoms with Crippen molar-refractivity contribution in [3.8, 4) is 0 Å². The van der Waals surface area contributed by atoms with Gasteiger partial charge in [0.1, 0.15) is 12.3 Å². The van der Waals surface area contributed by atoms with Crippen LogP contribution in [0.5, 0.6) is 0 Å². The van der Waals surface area contributed by atoms with Crippen molar-refractivity contribution in [2.75, 3.05) is 6.54 Å². The lowest BCUT2D eigenvalue weighted by molar-refractivity contribution is -0.130. The molecule has 5 fully saturated rings. The van der Waals surface area contributed by atoms with Crippen molar-refractivity contribution in [3.63, 3.8) is 0 Å². The Morgan fingerprint density at radius 3 is 2.74 bits per heavy atom. The molecular formula is C35H49N3O4. The van der Waals surface area contributed by atoms with Crippen LogP contribution in [0.15, 0.2) is 41.5 Å². The molecule has 6 aliphatic rings. The summed E-state index contributed by atoms with van der Waals surface area (Å²) in [6, 6.07) is 10.2. The zero-order chi connectivity index (χ0) is 29.4. The van der Waals surface area contributed by atoms with Crippen LogP contribution in [0.25, 0.3) is 0 Å². The van der Waals surface area contributed by atoms with Crippen LogP contribution in [0.1, 0.15) is 91.0 Å². The van der Waals surface area contributed by atoms with E-state index in [1.54, 1.807) is 5.57 Å². The molecule has 1 aromatic rings. The highest BCUT2D eigenvalue weighted by Crippen LogP contribution is 2.63. The number of amides is 2. The molecule has 1 spiro atoms. The second-order valence-electron chi connectivity index (χ2n) is 15.1. The molecule has 0 bridgehead atoms. The quantitative estimate of drug-likeness (QED) is 0.427. The summed E-state index contributed by atoms with van der Waals surface area (Å²) in [5, 5.41) is 3.36. The van der Waals surface area contributed by atoms with Gasteiger partial charge in [-0.1, -0.05) is 62.2 Å². The third-order valence-corrected chi connectivity index (χ3v) is 12.9. The van der Waals surface area contributed by atoms with Crippen LogP contribution in [0, 0.1) is 35.0 Å². The first kappa shape index (κ1) is 28.4. The van der Waals surface area contributed by atoms with Crippen molar-refractivity contribution >= 4 is 12.0 Å². The third-order valence-electron chi connectivity index (χ3n) is 12.9. The van der Waals surface area contributed by atoms with E-state index in [0.29, 0.717) is 36.8 Å². The Hall–Kier alpha value is -2.38. The van der Waals surface area contributed by atoms with Gasteiger partial charge in [-0.3, -0.25) is 9.69 Å². The van der Waals surface area contributed by atoms with Gasteiger partial charge < -0.3 is 20.5 Å². The molecular weight excluding hydrogens is 526 g/mol. The molecule has 3 aliphatic heterocycles. The van der Waals surface area contributed by atoms with Crippen molar-refractivity contribution in [1.29, 1.82) is 0 Å². The second-order valence-corrected chi connectivity index (χ2v) is 15.1. The third kappa shape index (κ3) is 4.20. The number of likely N-dealkylation sites (tertiary alicyclic amines) is 1. The van der Waals surface area contributed by atoms with Gasteiger partial charge in [-0.15, -0.1) is 0 Å². The van der Waals surface area contributed by atoms with E-state index in [1.807, 2.05) is 35.2 Å². The minimum Gasteiger partial charge on any atom is -0.444 e. The van der Waals surface area contributed by atoms with E-state index >= 15 is 0 Å². The van der Waals surface area contributed by atoms with Crippen LogP contribution >= 0.6 is 0 Å². The number of nitrogens with zero attached hydrogens (tertiary/aromatic N) is 1. The molecule has 1 aromatic carbocycles. The minimum atomic E-state index is -0.890. The minimum absolute atomic E-state index is 0.0150. The van der Waals surface area contributed by atoms with Gasteiger partial charge >= 0.3 is 6.09 Å². The van der Waals surface area contributed by atoms with Crippen LogP contribution in [0.2, 0.25) is 0 Å². The predicted molar refractivity (Wildman–Crippen MR) is 161 cm³/mol. The molecule has 7 rings (SSSR count). The molecule has 228 valence electrons. The fraction of sp³-hybridized carbons (Fsp3) is 0.714. The van der Waals surface area contributed by atoms with Crippen molar-refractivity contribution in [3.05, 3.63) is 47.0 Å². The molecule has 0 radical (unpaired) electrons. The molecule has 2 saturated carbocycles. The van der Waals surface area contributed by atoms with E-state index in [1.165, 1.54) is 12.0 Å². The Labute approximate surface area is 250 Å². The number of nitrogens with two attached hydrogens (primary N) is 1. The summed E-state index contributed by atoms with van der Waals surface area (Å²) in [5.74, 6) is 2.41. The van der Waals surface area contributed by atoms with Crippen LogP contribution in [0.4, 0.5) is 4.79 Å². The van der Waals surface area contributed by atoms with Gasteiger partial charge in [-0.2, -0.15) is 0 Å². The zero-order valence-electron chi connectivity index (χ0n) is 25.9. The highest BCUT2D eigenvalue weighted by molar-refractivity contribution is 5.77. The Balaban J connectivity index is 1.14. The molecule has 2 amide bonds. The number of allylic oxidation sites excluding steroid dienone is 1. The number of hydrogen-bond donors (Lipinski definition) is 2. The number of rotatable bonds is 2. The monoisotopic (exact) mass is 575 g/mol. The lowest BCUT2D eigenvalue weighted by Crippen LogP contribution is -2.70. The summed E-state index contributed by atoms with van der Waals surface area (Å²) in [6.07, 6.45) is 8.40. The largest absolute Gasteiger partial charge is 0.444 e. The van der Waals surface area contributed by atoms with E-state index < -0.39 is 5.66 Å². The molecule has 7 nitrogen and oxygen atoms in total. The smallest absolute Gasteiger partial charge is 0.411 e. The number of fused-ring (bicyclic) bond motifs is 6. The van der Waals surface area contributed by atoms with Crippen LogP contribution < -0.4 is 11.1 Å². The van der Waals surface area contributed by atoms with Crippen LogP contribution in [-0.2, 0) is 20.9 Å². The average Bonchev–Trinajstić information content (AvgIpc) is 3.40. The predicted octanol–water partition coefficient (Wildman–Crippen LogP) is 5.93. The molecule has 3 heterocycles. The summed E-state index contributed by atoms with van der Waals surface area (Å²) in [5.41, 5.74) is 10.4. The maximum Gasteiger partial charge on any atom is 0.411 e. The maximum atomic E-state index is 13.6. The van der Waals surface area contributed by atoms with Crippen LogP contribution in [-0.4, -0.2) is 46.9 Å². The number of benzene rings is 1. The summed E-state index contributed by atoms with van der Waals surface area (Å²) < 4.78 is 13.0. The Morgan fingerprint density at radius 1 is 1.17 bits per heavy atom. The van der Waals surface area contributed by atoms with Crippen LogP contribution in [0.3, 0.4) is 0 Å². The van der Waals surface area contributed by atoms with E-state index in [4.69, 9.17) is 15.2 Å². The number of piperidine rings is 2. The number of carbonyl (C=O) groups excluding carboxylic acids is 2. The molecule has 0 aromatic heterocycles. The molecule has 0 unspecified atom stereocenters. The van der Waals surface area contributed by atoms with Gasteiger partial charge in [0.2, 0.25) is 5.91 Å². The highest BCUT2D eigenvalue weighted by Gasteiger charge is 2.66. The van der Waals surface area contributed by atoms with E-state index in [0.717, 1.165) is 50.5 Å². The standard InChI is InChI=1S/C35H49N3O4/c1-21-16-30-35(36,38(19-21)32(40)41-20-24-8-6-5-7-9-24)23(3)34(42-30)15-12-25-26-10-11-29-33(4,14-13-31(39)37-29)28(26)17-27(25)22(2)18-34/h5-9,21,23,25-26,28-30H,10-20,36H2,1-4H3,(H,37,39)/t21-,23-,25-,26-,28-,29+,30+,33+,34-,35-/m0/s1.